The highest BCUT2D eigenvalue weighted by Gasteiger charge is 2.14. The zero-order chi connectivity index (χ0) is 17.5. The monoisotopic (exact) mass is 361 g/mol. The summed E-state index contributed by atoms with van der Waals surface area (Å²) >= 11 is 2.52. The number of Topliss-reactive ketones (excluding diaryl/α,β-unsaturated/α-hetero) is 1. The summed E-state index contributed by atoms with van der Waals surface area (Å²) in [4.78, 5) is 11.9. The lowest BCUT2D eigenvalue weighted by molar-refractivity contribution is -0.112. The van der Waals surface area contributed by atoms with Crippen LogP contribution in [0.4, 0.5) is 10.8 Å². The number of ketones is 1. The van der Waals surface area contributed by atoms with Gasteiger partial charge in [-0.1, -0.05) is 35.2 Å². The van der Waals surface area contributed by atoms with Gasteiger partial charge in [0.15, 0.2) is 10.1 Å². The topological polar surface area (TPSA) is 114 Å². The second-order valence-corrected chi connectivity index (χ2v) is 6.78. The Labute approximate surface area is 147 Å². The quantitative estimate of drug-likeness (QED) is 0.439. The van der Waals surface area contributed by atoms with Crippen LogP contribution in [0.25, 0.3) is 0 Å². The van der Waals surface area contributed by atoms with Crippen molar-refractivity contribution < 1.29 is 9.53 Å². The zero-order valence-corrected chi connectivity index (χ0v) is 14.7. The molecule has 7 nitrogen and oxygen atoms in total. The van der Waals surface area contributed by atoms with Gasteiger partial charge in [0.25, 0.3) is 0 Å². The number of nitrogens with zero attached hydrogens (tertiary/aromatic N) is 3. The Hall–Kier alpha value is -2.57. The third kappa shape index (κ3) is 4.47. The van der Waals surface area contributed by atoms with Crippen LogP contribution < -0.4 is 15.8 Å². The minimum Gasteiger partial charge on any atom is -0.495 e. The first kappa shape index (κ1) is 17.8. The summed E-state index contributed by atoms with van der Waals surface area (Å²) in [6.45, 7) is 1.53. The molecule has 0 unspecified atom stereocenters. The number of nitrogens with two attached hydrogens (primary N) is 1. The molecule has 0 aliphatic carbocycles. The van der Waals surface area contributed by atoms with E-state index in [1.807, 2.05) is 30.3 Å². The van der Waals surface area contributed by atoms with Gasteiger partial charge in [0.2, 0.25) is 5.13 Å². The van der Waals surface area contributed by atoms with Crippen molar-refractivity contribution in [2.24, 2.45) is 5.73 Å². The van der Waals surface area contributed by atoms with Gasteiger partial charge in [0.1, 0.15) is 17.4 Å². The molecule has 0 aliphatic rings. The third-order valence-electron chi connectivity index (χ3n) is 2.87. The number of nitriles is 1. The molecule has 1 heterocycles. The number of ether oxygens (including phenoxy) is 1. The first-order valence-corrected chi connectivity index (χ1v) is 8.61. The van der Waals surface area contributed by atoms with Gasteiger partial charge in [-0.2, -0.15) is 5.26 Å². The van der Waals surface area contributed by atoms with E-state index in [1.54, 1.807) is 7.11 Å². The molecule has 0 amide bonds. The van der Waals surface area contributed by atoms with Crippen LogP contribution >= 0.6 is 23.1 Å². The number of carbonyl (C=O) groups excluding carboxylic acids is 1. The van der Waals surface area contributed by atoms with Crippen molar-refractivity contribution in [2.45, 2.75) is 11.3 Å². The molecule has 0 spiro atoms. The first-order chi connectivity index (χ1) is 11.5. The van der Waals surface area contributed by atoms with E-state index in [-0.39, 0.29) is 22.8 Å². The van der Waals surface area contributed by atoms with Crippen LogP contribution in [0.1, 0.15) is 6.92 Å². The molecule has 1 aromatic carbocycles. The van der Waals surface area contributed by atoms with Crippen LogP contribution in [0, 0.1) is 11.3 Å². The van der Waals surface area contributed by atoms with E-state index < -0.39 is 0 Å². The molecular weight excluding hydrogens is 346 g/mol. The van der Waals surface area contributed by atoms with Crippen molar-refractivity contribution in [2.75, 3.05) is 18.2 Å². The van der Waals surface area contributed by atoms with E-state index in [9.17, 15) is 4.79 Å². The van der Waals surface area contributed by atoms with E-state index in [2.05, 4.69) is 15.5 Å². The van der Waals surface area contributed by atoms with Crippen molar-refractivity contribution in [1.82, 2.24) is 10.2 Å². The molecule has 0 aliphatic heterocycles. The summed E-state index contributed by atoms with van der Waals surface area (Å²) in [5, 5.41) is 20.7. The standard InChI is InChI=1S/C15H15N5O2S2/c1-9(17)10(7-16)12(21)8-23-15-20-19-14(24-15)18-11-5-3-4-6-13(11)22-2/h3-6H,8,17H2,1-2H3,(H,18,19). The summed E-state index contributed by atoms with van der Waals surface area (Å²) in [6.07, 6.45) is 0. The highest BCUT2D eigenvalue weighted by molar-refractivity contribution is 8.01. The Bertz CT molecular complexity index is 806. The maximum absolute atomic E-state index is 11.9. The van der Waals surface area contributed by atoms with Gasteiger partial charge < -0.3 is 15.8 Å². The minimum atomic E-state index is -0.322. The summed E-state index contributed by atoms with van der Waals surface area (Å²) < 4.78 is 5.88. The Morgan fingerprint density at radius 3 is 2.88 bits per heavy atom. The van der Waals surface area contributed by atoms with Crippen LogP contribution in [0.3, 0.4) is 0 Å². The number of methoxy groups -OCH3 is 1. The summed E-state index contributed by atoms with van der Waals surface area (Å²) in [5.74, 6) is 0.456. The molecule has 124 valence electrons. The number of hydrogen-bond donors (Lipinski definition) is 2. The van der Waals surface area contributed by atoms with E-state index in [0.717, 1.165) is 5.69 Å². The predicted octanol–water partition coefficient (Wildman–Crippen LogP) is 2.71. The van der Waals surface area contributed by atoms with Gasteiger partial charge in [-0.05, 0) is 19.1 Å². The number of thioether (sulfide) groups is 1. The minimum absolute atomic E-state index is 0.0145. The number of carbonyl (C=O) groups is 1. The maximum atomic E-state index is 11.9. The molecule has 0 saturated carbocycles. The maximum Gasteiger partial charge on any atom is 0.210 e. The normalized spacial score (nSPS) is 11.4. The lowest BCUT2D eigenvalue weighted by atomic mass is 10.2. The third-order valence-corrected chi connectivity index (χ3v) is 4.84. The molecule has 0 bridgehead atoms. The number of rotatable bonds is 7. The highest BCUT2D eigenvalue weighted by atomic mass is 32.2. The average Bonchev–Trinajstić information content (AvgIpc) is 3.01. The van der Waals surface area contributed by atoms with Crippen molar-refractivity contribution in [1.29, 1.82) is 5.26 Å². The fraction of sp³-hybridized carbons (Fsp3) is 0.200. The van der Waals surface area contributed by atoms with Crippen LogP contribution in [0.5, 0.6) is 5.75 Å². The molecular formula is C15H15N5O2S2. The Morgan fingerprint density at radius 1 is 1.46 bits per heavy atom. The van der Waals surface area contributed by atoms with Crippen molar-refractivity contribution in [3.8, 4) is 11.8 Å². The van der Waals surface area contributed by atoms with Gasteiger partial charge in [0.05, 0.1) is 18.6 Å². The molecule has 1 aromatic heterocycles. The second kappa shape index (κ2) is 8.33. The Kier molecular flexibility index (Phi) is 6.17. The van der Waals surface area contributed by atoms with Gasteiger partial charge in [-0.25, -0.2) is 0 Å². The Balaban J connectivity index is 2.00. The zero-order valence-electron chi connectivity index (χ0n) is 13.1. The number of benzene rings is 1. The van der Waals surface area contributed by atoms with Crippen molar-refractivity contribution in [3.63, 3.8) is 0 Å². The molecule has 3 N–H and O–H groups in total. The van der Waals surface area contributed by atoms with E-state index in [0.29, 0.717) is 15.2 Å². The van der Waals surface area contributed by atoms with E-state index in [4.69, 9.17) is 15.7 Å². The SMILES string of the molecule is COc1ccccc1Nc1nnc(SCC(=O)C(C#N)=C(C)N)s1. The van der Waals surface area contributed by atoms with Gasteiger partial charge >= 0.3 is 0 Å². The number of anilines is 2. The molecule has 2 aromatic rings. The van der Waals surface area contributed by atoms with Gasteiger partial charge in [-0.3, -0.25) is 4.79 Å². The van der Waals surface area contributed by atoms with Crippen LogP contribution in [0.2, 0.25) is 0 Å². The molecule has 0 atom stereocenters. The van der Waals surface area contributed by atoms with Gasteiger partial charge in [0, 0.05) is 5.70 Å². The number of aromatic nitrogens is 2. The lowest BCUT2D eigenvalue weighted by Crippen LogP contribution is -2.10. The van der Waals surface area contributed by atoms with E-state index in [1.165, 1.54) is 30.0 Å². The van der Waals surface area contributed by atoms with Crippen LogP contribution in [-0.2, 0) is 4.79 Å². The number of para-hydroxylation sites is 2. The molecule has 0 radical (unpaired) electrons. The van der Waals surface area contributed by atoms with Crippen LogP contribution in [-0.4, -0.2) is 28.8 Å². The molecule has 2 rings (SSSR count). The summed E-state index contributed by atoms with van der Waals surface area (Å²) in [6, 6.07) is 9.27. The van der Waals surface area contributed by atoms with E-state index >= 15 is 0 Å². The largest absolute Gasteiger partial charge is 0.495 e. The fourth-order valence-corrected chi connectivity index (χ4v) is 3.39. The van der Waals surface area contributed by atoms with Crippen molar-refractivity contribution >= 4 is 39.7 Å². The molecule has 0 fully saturated rings. The van der Waals surface area contributed by atoms with Crippen molar-refractivity contribution in [3.05, 3.63) is 35.5 Å². The smallest absolute Gasteiger partial charge is 0.210 e. The Morgan fingerprint density at radius 2 is 2.21 bits per heavy atom. The molecule has 0 saturated heterocycles. The average molecular weight is 361 g/mol. The second-order valence-electron chi connectivity index (χ2n) is 4.58. The highest BCUT2D eigenvalue weighted by Crippen LogP contribution is 2.31. The number of nitrogens with one attached hydrogen (secondary N) is 1. The molecule has 24 heavy (non-hydrogen) atoms. The molecule has 9 heteroatoms. The fourth-order valence-electron chi connectivity index (χ4n) is 1.75. The summed E-state index contributed by atoms with van der Waals surface area (Å²) in [5.41, 5.74) is 6.50. The van der Waals surface area contributed by atoms with Crippen LogP contribution in [0.15, 0.2) is 39.9 Å². The first-order valence-electron chi connectivity index (χ1n) is 6.81. The number of allylic oxidation sites excluding steroid dienone is 2. The number of hydrogen-bond acceptors (Lipinski definition) is 9. The predicted molar refractivity (Wildman–Crippen MR) is 94.4 cm³/mol. The van der Waals surface area contributed by atoms with Gasteiger partial charge in [-0.15, -0.1) is 10.2 Å². The summed E-state index contributed by atoms with van der Waals surface area (Å²) in [7, 11) is 1.59. The lowest BCUT2D eigenvalue weighted by Gasteiger charge is -2.07.